The molecule has 4 nitrogen and oxygen atoms in total. The van der Waals surface area contributed by atoms with E-state index >= 15 is 0 Å². The molecule has 0 aliphatic carbocycles. The fourth-order valence-electron chi connectivity index (χ4n) is 1.18. The minimum absolute atomic E-state index is 0.0168. The molecule has 1 aromatic carbocycles. The Labute approximate surface area is 81.0 Å². The van der Waals surface area contributed by atoms with Crippen molar-refractivity contribution in [3.63, 3.8) is 0 Å². The highest BCUT2D eigenvalue weighted by Crippen LogP contribution is 2.22. The monoisotopic (exact) mass is 191 g/mol. The Kier molecular flexibility index (Phi) is 3.12. The number of hydrogen-bond acceptors (Lipinski definition) is 3. The van der Waals surface area contributed by atoms with Gasteiger partial charge >= 0.3 is 0 Å². The number of rotatable bonds is 3. The lowest BCUT2D eigenvalue weighted by atomic mass is 10.1. The minimum Gasteiger partial charge on any atom is -0.299 e. The molecule has 0 fully saturated rings. The molecule has 72 valence electrons. The number of aldehydes is 1. The Morgan fingerprint density at radius 3 is 2.71 bits per heavy atom. The highest BCUT2D eigenvalue weighted by atomic mass is 16.6. The number of carbonyl (C=O) groups excluding carboxylic acids is 1. The van der Waals surface area contributed by atoms with E-state index < -0.39 is 4.92 Å². The first-order chi connectivity index (χ1) is 6.66. The summed E-state index contributed by atoms with van der Waals surface area (Å²) >= 11 is 0. The fraction of sp³-hybridized carbons (Fsp3) is 0.100. The zero-order chi connectivity index (χ0) is 10.6. The molecule has 0 radical (unpaired) electrons. The molecule has 0 heterocycles. The summed E-state index contributed by atoms with van der Waals surface area (Å²) in [5.41, 5.74) is 1.27. The predicted molar refractivity (Wildman–Crippen MR) is 52.9 cm³/mol. The molecule has 14 heavy (non-hydrogen) atoms. The second-order valence-electron chi connectivity index (χ2n) is 2.76. The third-order valence-electron chi connectivity index (χ3n) is 1.84. The van der Waals surface area contributed by atoms with Gasteiger partial charge in [-0.3, -0.25) is 14.9 Å². The lowest BCUT2D eigenvalue weighted by Crippen LogP contribution is -1.93. The molecule has 0 saturated heterocycles. The number of benzene rings is 1. The van der Waals surface area contributed by atoms with Crippen molar-refractivity contribution in [2.75, 3.05) is 0 Å². The second-order valence-corrected chi connectivity index (χ2v) is 2.76. The molecule has 0 atom stereocenters. The van der Waals surface area contributed by atoms with Crippen LogP contribution in [0.15, 0.2) is 24.3 Å². The lowest BCUT2D eigenvalue weighted by molar-refractivity contribution is -0.385. The van der Waals surface area contributed by atoms with Crippen LogP contribution in [0.5, 0.6) is 0 Å². The Balaban J connectivity index is 3.28. The first kappa shape index (κ1) is 10.1. The van der Waals surface area contributed by atoms with Crippen LogP contribution in [0.25, 0.3) is 6.08 Å². The van der Waals surface area contributed by atoms with E-state index in [-0.39, 0.29) is 5.69 Å². The largest absolute Gasteiger partial charge is 0.299 e. The van der Waals surface area contributed by atoms with Gasteiger partial charge in [-0.1, -0.05) is 12.1 Å². The predicted octanol–water partition coefficient (Wildman–Crippen LogP) is 2.12. The maximum Gasteiger partial charge on any atom is 0.276 e. The van der Waals surface area contributed by atoms with Gasteiger partial charge in [0.05, 0.1) is 10.5 Å². The van der Waals surface area contributed by atoms with E-state index in [1.165, 1.54) is 18.2 Å². The SMILES string of the molecule is Cc1cccc([N+](=O)[O-])c1C=CC=O. The van der Waals surface area contributed by atoms with E-state index in [4.69, 9.17) is 0 Å². The highest BCUT2D eigenvalue weighted by Gasteiger charge is 2.11. The smallest absolute Gasteiger partial charge is 0.276 e. The van der Waals surface area contributed by atoms with Crippen LogP contribution in [0.2, 0.25) is 0 Å². The first-order valence-corrected chi connectivity index (χ1v) is 4.02. The molecule has 0 aromatic heterocycles. The summed E-state index contributed by atoms with van der Waals surface area (Å²) < 4.78 is 0. The van der Waals surface area contributed by atoms with Gasteiger partial charge in [-0.15, -0.1) is 0 Å². The van der Waals surface area contributed by atoms with Gasteiger partial charge in [-0.2, -0.15) is 0 Å². The summed E-state index contributed by atoms with van der Waals surface area (Å²) in [6, 6.07) is 4.79. The van der Waals surface area contributed by atoms with Gasteiger partial charge in [-0.05, 0) is 24.6 Å². The van der Waals surface area contributed by atoms with Crippen LogP contribution < -0.4 is 0 Å². The zero-order valence-corrected chi connectivity index (χ0v) is 7.64. The maximum absolute atomic E-state index is 10.6. The number of nitro benzene ring substituents is 1. The van der Waals surface area contributed by atoms with Crippen molar-refractivity contribution in [3.05, 3.63) is 45.5 Å². The molecular weight excluding hydrogens is 182 g/mol. The van der Waals surface area contributed by atoms with Crippen LogP contribution in [0, 0.1) is 17.0 Å². The average Bonchev–Trinajstić information content (AvgIpc) is 2.15. The third-order valence-corrected chi connectivity index (χ3v) is 1.84. The first-order valence-electron chi connectivity index (χ1n) is 4.02. The number of allylic oxidation sites excluding steroid dienone is 1. The number of carbonyl (C=O) groups is 1. The van der Waals surface area contributed by atoms with Gasteiger partial charge in [0, 0.05) is 6.07 Å². The molecule has 1 aromatic rings. The van der Waals surface area contributed by atoms with E-state index in [1.54, 1.807) is 19.1 Å². The standard InChI is InChI=1S/C10H9NO3/c1-8-4-2-6-10(11(13)14)9(8)5-3-7-12/h2-7H,1H3. The van der Waals surface area contributed by atoms with E-state index in [9.17, 15) is 14.9 Å². The normalized spacial score (nSPS) is 10.4. The van der Waals surface area contributed by atoms with Crippen molar-refractivity contribution >= 4 is 18.0 Å². The van der Waals surface area contributed by atoms with Crippen LogP contribution in [-0.2, 0) is 4.79 Å². The second kappa shape index (κ2) is 4.32. The quantitative estimate of drug-likeness (QED) is 0.318. The van der Waals surface area contributed by atoms with Crippen LogP contribution in [0.4, 0.5) is 5.69 Å². The highest BCUT2D eigenvalue weighted by molar-refractivity contribution is 5.77. The van der Waals surface area contributed by atoms with Gasteiger partial charge in [0.1, 0.15) is 6.29 Å². The lowest BCUT2D eigenvalue weighted by Gasteiger charge is -2.00. The van der Waals surface area contributed by atoms with Gasteiger partial charge in [0.25, 0.3) is 5.69 Å². The van der Waals surface area contributed by atoms with Gasteiger partial charge in [0.15, 0.2) is 0 Å². The van der Waals surface area contributed by atoms with Crippen molar-refractivity contribution in [2.45, 2.75) is 6.92 Å². The summed E-state index contributed by atoms with van der Waals surface area (Å²) in [5.74, 6) is 0. The molecule has 0 amide bonds. The molecular formula is C10H9NO3. The molecule has 0 saturated carbocycles. The van der Waals surface area contributed by atoms with Crippen molar-refractivity contribution in [2.24, 2.45) is 0 Å². The van der Waals surface area contributed by atoms with Crippen molar-refractivity contribution < 1.29 is 9.72 Å². The Morgan fingerprint density at radius 1 is 1.43 bits per heavy atom. The van der Waals surface area contributed by atoms with Crippen LogP contribution >= 0.6 is 0 Å². The van der Waals surface area contributed by atoms with Crippen LogP contribution in [-0.4, -0.2) is 11.2 Å². The Hall–Kier alpha value is -1.97. The van der Waals surface area contributed by atoms with Crippen LogP contribution in [0.3, 0.4) is 0 Å². The average molecular weight is 191 g/mol. The maximum atomic E-state index is 10.6. The van der Waals surface area contributed by atoms with Crippen molar-refractivity contribution in [1.29, 1.82) is 0 Å². The molecule has 0 aliphatic rings. The number of nitrogens with zero attached hydrogens (tertiary/aromatic N) is 1. The molecule has 4 heteroatoms. The van der Waals surface area contributed by atoms with Crippen molar-refractivity contribution in [1.82, 2.24) is 0 Å². The molecule has 0 N–H and O–H groups in total. The molecule has 0 spiro atoms. The Morgan fingerprint density at radius 2 is 2.14 bits per heavy atom. The molecule has 0 aliphatic heterocycles. The summed E-state index contributed by atoms with van der Waals surface area (Å²) in [6.07, 6.45) is 3.28. The molecule has 0 unspecified atom stereocenters. The minimum atomic E-state index is -0.461. The number of hydrogen-bond donors (Lipinski definition) is 0. The van der Waals surface area contributed by atoms with E-state index in [0.29, 0.717) is 11.8 Å². The zero-order valence-electron chi connectivity index (χ0n) is 7.64. The molecule has 0 bridgehead atoms. The summed E-state index contributed by atoms with van der Waals surface area (Å²) in [6.45, 7) is 1.76. The van der Waals surface area contributed by atoms with Gasteiger partial charge < -0.3 is 0 Å². The van der Waals surface area contributed by atoms with Crippen LogP contribution in [0.1, 0.15) is 11.1 Å². The summed E-state index contributed by atoms with van der Waals surface area (Å²) in [4.78, 5) is 20.3. The summed E-state index contributed by atoms with van der Waals surface area (Å²) in [5, 5.41) is 10.6. The van der Waals surface area contributed by atoms with E-state index in [0.717, 1.165) is 5.56 Å². The van der Waals surface area contributed by atoms with E-state index in [2.05, 4.69) is 0 Å². The van der Waals surface area contributed by atoms with Gasteiger partial charge in [0.2, 0.25) is 0 Å². The van der Waals surface area contributed by atoms with E-state index in [1.807, 2.05) is 0 Å². The third kappa shape index (κ3) is 2.04. The van der Waals surface area contributed by atoms with Crippen molar-refractivity contribution in [3.8, 4) is 0 Å². The molecule has 1 rings (SSSR count). The number of aryl methyl sites for hydroxylation is 1. The Bertz CT molecular complexity index is 396. The summed E-state index contributed by atoms with van der Waals surface area (Å²) in [7, 11) is 0. The fourth-order valence-corrected chi connectivity index (χ4v) is 1.18. The van der Waals surface area contributed by atoms with Gasteiger partial charge in [-0.25, -0.2) is 0 Å². The topological polar surface area (TPSA) is 60.2 Å². The number of nitro groups is 1.